The van der Waals surface area contributed by atoms with Gasteiger partial charge in [0.15, 0.2) is 5.78 Å². The van der Waals surface area contributed by atoms with Crippen LogP contribution in [0.5, 0.6) is 5.75 Å². The molecule has 1 aromatic heterocycles. The number of ketones is 1. The van der Waals surface area contributed by atoms with Crippen LogP contribution in [0.25, 0.3) is 10.9 Å². The number of H-pyrrole nitrogens is 1. The van der Waals surface area contributed by atoms with Crippen molar-refractivity contribution >= 4 is 28.4 Å². The predicted octanol–water partition coefficient (Wildman–Crippen LogP) is 3.96. The van der Waals surface area contributed by atoms with Crippen LogP contribution in [0.1, 0.15) is 22.0 Å². The molecule has 3 heterocycles. The molecule has 3 aromatic rings. The van der Waals surface area contributed by atoms with Crippen molar-refractivity contribution < 1.29 is 9.53 Å². The minimum Gasteiger partial charge on any atom is -0.483 e. The molecular weight excluding hydrogens is 282 g/mol. The zero-order valence-corrected chi connectivity index (χ0v) is 11.8. The maximum absolute atomic E-state index is 12.7. The van der Waals surface area contributed by atoms with Crippen LogP contribution in [0, 0.1) is 0 Å². The van der Waals surface area contributed by atoms with E-state index in [1.165, 1.54) is 0 Å². The topological polar surface area (TPSA) is 42.1 Å². The monoisotopic (exact) mass is 293 g/mol. The summed E-state index contributed by atoms with van der Waals surface area (Å²) < 4.78 is 6.16. The standard InChI is InChI=1S/C17H11NO2S/c19-14-10-6-2-4-8-12(10)20-15-13-9-5-1-3-7-11(9)18-17(13)21-16(14)15/h1-8,15-16,18H. The molecule has 21 heavy (non-hydrogen) atoms. The van der Waals surface area contributed by atoms with Crippen LogP contribution in [0.3, 0.4) is 0 Å². The molecule has 2 aliphatic rings. The van der Waals surface area contributed by atoms with Crippen molar-refractivity contribution in [2.45, 2.75) is 16.4 Å². The highest BCUT2D eigenvalue weighted by Gasteiger charge is 2.46. The van der Waals surface area contributed by atoms with Crippen molar-refractivity contribution in [1.82, 2.24) is 4.98 Å². The molecule has 0 amide bonds. The second kappa shape index (κ2) is 3.92. The molecule has 1 N–H and O–H groups in total. The molecule has 0 fully saturated rings. The summed E-state index contributed by atoms with van der Waals surface area (Å²) in [6.07, 6.45) is -0.191. The first kappa shape index (κ1) is 11.5. The van der Waals surface area contributed by atoms with Crippen molar-refractivity contribution in [1.29, 1.82) is 0 Å². The van der Waals surface area contributed by atoms with Gasteiger partial charge in [-0.1, -0.05) is 42.1 Å². The first-order chi connectivity index (χ1) is 10.3. The van der Waals surface area contributed by atoms with E-state index in [-0.39, 0.29) is 17.1 Å². The molecule has 0 aliphatic carbocycles. The van der Waals surface area contributed by atoms with Crippen LogP contribution >= 0.6 is 11.8 Å². The first-order valence-corrected chi connectivity index (χ1v) is 7.78. The Morgan fingerprint density at radius 1 is 1.05 bits per heavy atom. The molecule has 3 nitrogen and oxygen atoms in total. The summed E-state index contributed by atoms with van der Waals surface area (Å²) >= 11 is 1.59. The molecule has 0 bridgehead atoms. The summed E-state index contributed by atoms with van der Waals surface area (Å²) in [5, 5.41) is 2.04. The van der Waals surface area contributed by atoms with Crippen molar-refractivity contribution in [2.75, 3.05) is 0 Å². The van der Waals surface area contributed by atoms with Gasteiger partial charge in [0.25, 0.3) is 0 Å². The molecule has 2 aliphatic heterocycles. The maximum Gasteiger partial charge on any atom is 0.184 e. The number of Topliss-reactive ketones (excluding diaryl/α,β-unsaturated/α-hetero) is 1. The van der Waals surface area contributed by atoms with Gasteiger partial charge in [-0.05, 0) is 18.2 Å². The van der Waals surface area contributed by atoms with Gasteiger partial charge in [-0.25, -0.2) is 0 Å². The number of aromatic nitrogens is 1. The van der Waals surface area contributed by atoms with E-state index in [0.29, 0.717) is 11.3 Å². The molecule has 2 unspecified atom stereocenters. The second-order valence-corrected chi connectivity index (χ2v) is 6.50. The predicted molar refractivity (Wildman–Crippen MR) is 82.1 cm³/mol. The number of fused-ring (bicyclic) bond motifs is 6. The van der Waals surface area contributed by atoms with Gasteiger partial charge in [0, 0.05) is 16.5 Å². The van der Waals surface area contributed by atoms with Gasteiger partial charge in [0.1, 0.15) is 17.1 Å². The minimum absolute atomic E-state index is 0.167. The average molecular weight is 293 g/mol. The van der Waals surface area contributed by atoms with Gasteiger partial charge < -0.3 is 9.72 Å². The van der Waals surface area contributed by atoms with E-state index >= 15 is 0 Å². The highest BCUT2D eigenvalue weighted by Crippen LogP contribution is 2.52. The molecule has 0 saturated carbocycles. The Kier molecular flexibility index (Phi) is 2.14. The Morgan fingerprint density at radius 2 is 1.86 bits per heavy atom. The third-order valence-corrected chi connectivity index (χ3v) is 5.45. The van der Waals surface area contributed by atoms with E-state index in [4.69, 9.17) is 4.74 Å². The summed E-state index contributed by atoms with van der Waals surface area (Å²) in [6.45, 7) is 0. The number of carbonyl (C=O) groups excluding carboxylic acids is 1. The Morgan fingerprint density at radius 3 is 2.81 bits per heavy atom. The smallest absolute Gasteiger partial charge is 0.184 e. The number of hydrogen-bond acceptors (Lipinski definition) is 3. The fourth-order valence-electron chi connectivity index (χ4n) is 3.23. The van der Waals surface area contributed by atoms with E-state index in [0.717, 1.165) is 21.5 Å². The summed E-state index contributed by atoms with van der Waals surface area (Å²) in [6, 6.07) is 15.7. The molecule has 2 atom stereocenters. The van der Waals surface area contributed by atoms with Gasteiger partial charge >= 0.3 is 0 Å². The molecule has 102 valence electrons. The first-order valence-electron chi connectivity index (χ1n) is 6.90. The largest absolute Gasteiger partial charge is 0.483 e. The number of para-hydroxylation sites is 2. The van der Waals surface area contributed by atoms with Crippen LogP contribution in [0.15, 0.2) is 53.6 Å². The highest BCUT2D eigenvalue weighted by atomic mass is 32.2. The number of nitrogens with one attached hydrogen (secondary N) is 1. The van der Waals surface area contributed by atoms with E-state index in [1.807, 2.05) is 36.4 Å². The Balaban J connectivity index is 1.72. The number of hydrogen-bond donors (Lipinski definition) is 1. The van der Waals surface area contributed by atoms with Gasteiger partial charge in [-0.2, -0.15) is 0 Å². The molecule has 0 spiro atoms. The lowest BCUT2D eigenvalue weighted by atomic mass is 9.96. The SMILES string of the molecule is O=C1c2ccccc2OC2c3c([nH]c4ccccc34)SC12. The lowest BCUT2D eigenvalue weighted by molar-refractivity contribution is 0.0874. The number of rotatable bonds is 0. The second-order valence-electron chi connectivity index (χ2n) is 5.35. The van der Waals surface area contributed by atoms with E-state index < -0.39 is 0 Å². The van der Waals surface area contributed by atoms with Gasteiger partial charge in [0.05, 0.1) is 10.6 Å². The lowest BCUT2D eigenvalue weighted by Gasteiger charge is -2.27. The quantitative estimate of drug-likeness (QED) is 0.682. The van der Waals surface area contributed by atoms with Crippen molar-refractivity contribution in [3.63, 3.8) is 0 Å². The Labute approximate surface area is 125 Å². The minimum atomic E-state index is -0.191. The fourth-order valence-corrected chi connectivity index (χ4v) is 4.55. The van der Waals surface area contributed by atoms with Gasteiger partial charge in [-0.3, -0.25) is 4.79 Å². The highest BCUT2D eigenvalue weighted by molar-refractivity contribution is 8.01. The lowest BCUT2D eigenvalue weighted by Crippen LogP contribution is -2.30. The molecule has 0 saturated heterocycles. The summed E-state index contributed by atoms with van der Waals surface area (Å²) in [7, 11) is 0. The third kappa shape index (κ3) is 1.43. The van der Waals surface area contributed by atoms with Crippen LogP contribution < -0.4 is 4.74 Å². The van der Waals surface area contributed by atoms with E-state index in [1.54, 1.807) is 11.8 Å². The van der Waals surface area contributed by atoms with Crippen LogP contribution in [0.4, 0.5) is 0 Å². The number of aromatic amines is 1. The van der Waals surface area contributed by atoms with Crippen LogP contribution in [-0.4, -0.2) is 16.0 Å². The van der Waals surface area contributed by atoms with Crippen molar-refractivity contribution in [2.24, 2.45) is 0 Å². The summed E-state index contributed by atoms with van der Waals surface area (Å²) in [4.78, 5) is 16.1. The van der Waals surface area contributed by atoms with Crippen molar-refractivity contribution in [3.8, 4) is 5.75 Å². The van der Waals surface area contributed by atoms with Crippen LogP contribution in [-0.2, 0) is 0 Å². The zero-order chi connectivity index (χ0) is 14.0. The molecule has 0 radical (unpaired) electrons. The van der Waals surface area contributed by atoms with Gasteiger partial charge in [-0.15, -0.1) is 0 Å². The number of ether oxygens (including phenoxy) is 1. The Hall–Kier alpha value is -2.20. The average Bonchev–Trinajstić information content (AvgIpc) is 3.04. The third-order valence-electron chi connectivity index (χ3n) is 4.18. The Bertz CT molecular complexity index is 899. The maximum atomic E-state index is 12.7. The van der Waals surface area contributed by atoms with Crippen LogP contribution in [0.2, 0.25) is 0 Å². The molecule has 4 heteroatoms. The zero-order valence-electron chi connectivity index (χ0n) is 11.0. The number of carbonyl (C=O) groups is 1. The molecule has 2 aromatic carbocycles. The normalized spacial score (nSPS) is 22.6. The molecular formula is C17H11NO2S. The summed E-state index contributed by atoms with van der Waals surface area (Å²) in [5.41, 5.74) is 2.92. The van der Waals surface area contributed by atoms with E-state index in [2.05, 4.69) is 17.1 Å². The summed E-state index contributed by atoms with van der Waals surface area (Å²) in [5.74, 6) is 0.864. The number of benzene rings is 2. The van der Waals surface area contributed by atoms with Crippen molar-refractivity contribution in [3.05, 3.63) is 59.7 Å². The fraction of sp³-hybridized carbons (Fsp3) is 0.118. The van der Waals surface area contributed by atoms with Gasteiger partial charge in [0.2, 0.25) is 0 Å². The molecule has 5 rings (SSSR count). The number of thioether (sulfide) groups is 1. The van der Waals surface area contributed by atoms with E-state index in [9.17, 15) is 4.79 Å².